The first-order valence-electron chi connectivity index (χ1n) is 7.53. The molecular weight excluding hydrogens is 308 g/mol. The smallest absolute Gasteiger partial charge is 0.283 e. The van der Waals surface area contributed by atoms with Crippen molar-refractivity contribution in [2.75, 3.05) is 5.32 Å². The van der Waals surface area contributed by atoms with Crippen molar-refractivity contribution in [3.05, 3.63) is 59.7 Å². The third-order valence-corrected chi connectivity index (χ3v) is 4.86. The zero-order valence-electron chi connectivity index (χ0n) is 13.9. The van der Waals surface area contributed by atoms with Crippen LogP contribution in [0.5, 0.6) is 0 Å². The molecule has 0 aliphatic heterocycles. The van der Waals surface area contributed by atoms with Crippen LogP contribution in [0.25, 0.3) is 0 Å². The van der Waals surface area contributed by atoms with E-state index in [0.29, 0.717) is 11.8 Å². The van der Waals surface area contributed by atoms with Crippen molar-refractivity contribution in [1.29, 1.82) is 0 Å². The Morgan fingerprint density at radius 2 is 1.57 bits per heavy atom. The molecule has 0 amide bonds. The van der Waals surface area contributed by atoms with Crippen LogP contribution >= 0.6 is 0 Å². The van der Waals surface area contributed by atoms with Crippen molar-refractivity contribution in [2.45, 2.75) is 38.5 Å². The van der Waals surface area contributed by atoms with Gasteiger partial charge in [0.2, 0.25) is 0 Å². The van der Waals surface area contributed by atoms with Crippen molar-refractivity contribution in [3.63, 3.8) is 0 Å². The fourth-order valence-electron chi connectivity index (χ4n) is 2.13. The topological polar surface area (TPSA) is 58.5 Å². The van der Waals surface area contributed by atoms with E-state index >= 15 is 0 Å². The summed E-state index contributed by atoms with van der Waals surface area (Å²) in [7, 11) is -3.69. The van der Waals surface area contributed by atoms with Gasteiger partial charge < -0.3 is 5.32 Å². The lowest BCUT2D eigenvalue weighted by molar-refractivity contribution is 0.598. The Balaban J connectivity index is 2.17. The molecular formula is C18H22N2O2S. The number of anilines is 1. The Kier molecular flexibility index (Phi) is 5.21. The molecule has 0 spiro atoms. The molecule has 0 aliphatic carbocycles. The average Bonchev–Trinajstić information content (AvgIpc) is 2.47. The predicted molar refractivity (Wildman–Crippen MR) is 95.6 cm³/mol. The van der Waals surface area contributed by atoms with E-state index in [1.807, 2.05) is 31.2 Å². The molecule has 0 aliphatic rings. The number of benzene rings is 2. The number of hydrogen-bond donors (Lipinski definition) is 1. The summed E-state index contributed by atoms with van der Waals surface area (Å²) >= 11 is 0. The van der Waals surface area contributed by atoms with E-state index in [1.165, 1.54) is 5.56 Å². The number of sulfonamides is 1. The van der Waals surface area contributed by atoms with Crippen LogP contribution in [0.3, 0.4) is 0 Å². The van der Waals surface area contributed by atoms with Crippen LogP contribution in [-0.2, 0) is 10.0 Å². The Labute approximate surface area is 138 Å². The second kappa shape index (κ2) is 6.96. The summed E-state index contributed by atoms with van der Waals surface area (Å²) in [4.78, 5) is 0.194. The zero-order chi connectivity index (χ0) is 17.0. The fraction of sp³-hybridized carbons (Fsp3) is 0.278. The number of aryl methyl sites for hydroxylation is 1. The Morgan fingerprint density at radius 3 is 2.09 bits per heavy atom. The highest BCUT2D eigenvalue weighted by atomic mass is 32.2. The van der Waals surface area contributed by atoms with Crippen LogP contribution in [0, 0.1) is 6.92 Å². The van der Waals surface area contributed by atoms with Crippen LogP contribution in [0.2, 0.25) is 0 Å². The molecule has 122 valence electrons. The molecule has 2 aromatic rings. The molecule has 0 aromatic heterocycles. The van der Waals surface area contributed by atoms with Crippen molar-refractivity contribution >= 4 is 21.5 Å². The Hall–Kier alpha value is -2.14. The second-order valence-corrected chi connectivity index (χ2v) is 7.47. The maximum absolute atomic E-state index is 12.3. The molecule has 0 radical (unpaired) electrons. The summed E-state index contributed by atoms with van der Waals surface area (Å²) in [6.07, 6.45) is 0. The average molecular weight is 330 g/mol. The minimum atomic E-state index is -3.69. The second-order valence-electron chi connectivity index (χ2n) is 5.87. The van der Waals surface area contributed by atoms with Crippen LogP contribution in [-0.4, -0.2) is 14.3 Å². The first-order chi connectivity index (χ1) is 10.8. The largest absolute Gasteiger partial charge is 0.343 e. The van der Waals surface area contributed by atoms with E-state index in [1.54, 1.807) is 31.2 Å². The maximum atomic E-state index is 12.3. The third kappa shape index (κ3) is 4.66. The van der Waals surface area contributed by atoms with Gasteiger partial charge in [-0.1, -0.05) is 43.7 Å². The molecule has 2 aromatic carbocycles. The van der Waals surface area contributed by atoms with Gasteiger partial charge in [0.15, 0.2) is 0 Å². The van der Waals surface area contributed by atoms with E-state index in [2.05, 4.69) is 23.6 Å². The van der Waals surface area contributed by atoms with Crippen LogP contribution in [0.4, 0.5) is 5.69 Å². The molecule has 2 rings (SSSR count). The Morgan fingerprint density at radius 1 is 1.00 bits per heavy atom. The highest BCUT2D eigenvalue weighted by Crippen LogP contribution is 2.18. The number of nitrogens with one attached hydrogen (secondary N) is 1. The number of amidine groups is 1. The molecule has 0 saturated carbocycles. The van der Waals surface area contributed by atoms with Gasteiger partial charge in [0, 0.05) is 5.69 Å². The first kappa shape index (κ1) is 17.2. The summed E-state index contributed by atoms with van der Waals surface area (Å²) in [6, 6.07) is 14.5. The van der Waals surface area contributed by atoms with Gasteiger partial charge in [0.1, 0.15) is 5.84 Å². The van der Waals surface area contributed by atoms with Gasteiger partial charge in [-0.15, -0.1) is 4.40 Å². The van der Waals surface area contributed by atoms with Crippen molar-refractivity contribution < 1.29 is 8.42 Å². The van der Waals surface area contributed by atoms with Crippen LogP contribution in [0.15, 0.2) is 57.8 Å². The van der Waals surface area contributed by atoms with Gasteiger partial charge in [-0.2, -0.15) is 8.42 Å². The number of hydrogen-bond acceptors (Lipinski definition) is 2. The predicted octanol–water partition coefficient (Wildman–Crippen LogP) is 4.34. The van der Waals surface area contributed by atoms with E-state index in [9.17, 15) is 8.42 Å². The standard InChI is InChI=1S/C18H22N2O2S/c1-13(2)16-7-9-17(10-8-16)19-15(4)20-23(21,22)18-11-5-14(3)6-12-18/h5-13H,1-4H3,(H,19,20). The van der Waals surface area contributed by atoms with Gasteiger partial charge in [0.25, 0.3) is 10.0 Å². The summed E-state index contributed by atoms with van der Waals surface area (Å²) in [5.41, 5.74) is 3.06. The summed E-state index contributed by atoms with van der Waals surface area (Å²) in [6.45, 7) is 7.81. The minimum absolute atomic E-state index is 0.194. The SMILES string of the molecule is C/C(=N\S(=O)(=O)c1ccc(C)cc1)Nc1ccc(C(C)C)cc1. The molecule has 0 fully saturated rings. The molecule has 0 unspecified atom stereocenters. The van der Waals surface area contributed by atoms with E-state index in [0.717, 1.165) is 11.3 Å². The number of nitrogens with zero attached hydrogens (tertiary/aromatic N) is 1. The normalized spacial score (nSPS) is 12.5. The van der Waals surface area contributed by atoms with Gasteiger partial charge in [0.05, 0.1) is 4.90 Å². The third-order valence-electron chi connectivity index (χ3n) is 3.48. The highest BCUT2D eigenvalue weighted by Gasteiger charge is 2.12. The fourth-order valence-corrected chi connectivity index (χ4v) is 3.12. The van der Waals surface area contributed by atoms with Gasteiger partial charge >= 0.3 is 0 Å². The van der Waals surface area contributed by atoms with E-state index in [-0.39, 0.29) is 4.90 Å². The van der Waals surface area contributed by atoms with Crippen LogP contribution < -0.4 is 5.32 Å². The molecule has 0 saturated heterocycles. The number of rotatable bonds is 4. The van der Waals surface area contributed by atoms with Crippen molar-refractivity contribution in [2.24, 2.45) is 4.40 Å². The molecule has 4 nitrogen and oxygen atoms in total. The van der Waals surface area contributed by atoms with Gasteiger partial charge in [-0.25, -0.2) is 0 Å². The molecule has 0 atom stereocenters. The minimum Gasteiger partial charge on any atom is -0.343 e. The molecule has 1 N–H and O–H groups in total. The molecule has 0 bridgehead atoms. The van der Waals surface area contributed by atoms with E-state index in [4.69, 9.17) is 0 Å². The molecule has 23 heavy (non-hydrogen) atoms. The molecule has 5 heteroatoms. The van der Waals surface area contributed by atoms with Crippen molar-refractivity contribution in [1.82, 2.24) is 0 Å². The maximum Gasteiger partial charge on any atom is 0.283 e. The highest BCUT2D eigenvalue weighted by molar-refractivity contribution is 7.90. The monoisotopic (exact) mass is 330 g/mol. The van der Waals surface area contributed by atoms with Crippen molar-refractivity contribution in [3.8, 4) is 0 Å². The zero-order valence-corrected chi connectivity index (χ0v) is 14.7. The Bertz CT molecular complexity index is 790. The summed E-state index contributed by atoms with van der Waals surface area (Å²) in [5, 5.41) is 3.02. The van der Waals surface area contributed by atoms with Gasteiger partial charge in [-0.3, -0.25) is 0 Å². The summed E-state index contributed by atoms with van der Waals surface area (Å²) < 4.78 is 28.4. The lowest BCUT2D eigenvalue weighted by Gasteiger charge is -2.09. The summed E-state index contributed by atoms with van der Waals surface area (Å²) in [5.74, 6) is 0.795. The quantitative estimate of drug-likeness (QED) is 0.670. The first-order valence-corrected chi connectivity index (χ1v) is 8.97. The molecule has 0 heterocycles. The van der Waals surface area contributed by atoms with Gasteiger partial charge in [-0.05, 0) is 49.6 Å². The van der Waals surface area contributed by atoms with E-state index < -0.39 is 10.0 Å². The lowest BCUT2D eigenvalue weighted by Crippen LogP contribution is -2.11. The lowest BCUT2D eigenvalue weighted by atomic mass is 10.0. The van der Waals surface area contributed by atoms with Crippen LogP contribution in [0.1, 0.15) is 37.8 Å².